The summed E-state index contributed by atoms with van der Waals surface area (Å²) in [6, 6.07) is 2.81. The second kappa shape index (κ2) is 12.1. The molecule has 7 nitrogen and oxygen atoms in total. The number of hydrogen-bond donors (Lipinski definition) is 2. The Morgan fingerprint density at radius 1 is 1.15 bits per heavy atom. The van der Waals surface area contributed by atoms with Crippen LogP contribution in [-0.4, -0.2) is 66.8 Å². The number of nitrogens with zero attached hydrogens (tertiary/aromatic N) is 1. The number of nitrogens with one attached hydrogen (secondary N) is 2. The van der Waals surface area contributed by atoms with Crippen molar-refractivity contribution in [3.05, 3.63) is 17.2 Å². The van der Waals surface area contributed by atoms with Crippen molar-refractivity contribution in [1.82, 2.24) is 14.9 Å². The van der Waals surface area contributed by atoms with Crippen molar-refractivity contribution >= 4 is 46.4 Å². The van der Waals surface area contributed by atoms with Crippen molar-refractivity contribution in [1.29, 1.82) is 0 Å². The van der Waals surface area contributed by atoms with Gasteiger partial charge in [0.2, 0.25) is 10.0 Å². The molecular formula is C15H26Cl3N3O4S. The van der Waals surface area contributed by atoms with Crippen molar-refractivity contribution in [2.45, 2.75) is 11.3 Å². The summed E-state index contributed by atoms with van der Waals surface area (Å²) in [5.41, 5.74) is 0. The third kappa shape index (κ3) is 6.92. The van der Waals surface area contributed by atoms with Gasteiger partial charge in [0.05, 0.1) is 19.2 Å². The van der Waals surface area contributed by atoms with E-state index < -0.39 is 10.0 Å². The van der Waals surface area contributed by atoms with E-state index in [4.69, 9.17) is 21.1 Å². The van der Waals surface area contributed by atoms with E-state index in [1.165, 1.54) is 26.4 Å². The molecule has 1 fully saturated rings. The number of piperazine rings is 1. The highest BCUT2D eigenvalue weighted by Gasteiger charge is 2.21. The first-order valence-electron chi connectivity index (χ1n) is 7.82. The molecule has 0 amide bonds. The van der Waals surface area contributed by atoms with Crippen LogP contribution in [0.3, 0.4) is 0 Å². The van der Waals surface area contributed by atoms with Crippen LogP contribution in [0.4, 0.5) is 0 Å². The zero-order chi connectivity index (χ0) is 17.6. The summed E-state index contributed by atoms with van der Waals surface area (Å²) < 4.78 is 37.8. The summed E-state index contributed by atoms with van der Waals surface area (Å²) in [4.78, 5) is 2.30. The van der Waals surface area contributed by atoms with Crippen LogP contribution in [0.15, 0.2) is 17.0 Å². The molecule has 152 valence electrons. The summed E-state index contributed by atoms with van der Waals surface area (Å²) in [6.07, 6.45) is 0.740. The first-order valence-corrected chi connectivity index (χ1v) is 9.68. The summed E-state index contributed by atoms with van der Waals surface area (Å²) in [5, 5.41) is 3.39. The van der Waals surface area contributed by atoms with Gasteiger partial charge in [-0.1, -0.05) is 11.6 Å². The van der Waals surface area contributed by atoms with E-state index in [0.29, 0.717) is 18.0 Å². The fourth-order valence-corrected chi connectivity index (χ4v) is 4.17. The lowest BCUT2D eigenvalue weighted by Gasteiger charge is -2.27. The minimum absolute atomic E-state index is 0. The van der Waals surface area contributed by atoms with Gasteiger partial charge in [-0.2, -0.15) is 0 Å². The molecule has 1 heterocycles. The van der Waals surface area contributed by atoms with Crippen molar-refractivity contribution in [3.63, 3.8) is 0 Å². The Kier molecular flexibility index (Phi) is 11.8. The molecule has 11 heteroatoms. The van der Waals surface area contributed by atoms with Crippen LogP contribution in [0.25, 0.3) is 0 Å². The molecule has 2 rings (SSSR count). The lowest BCUT2D eigenvalue weighted by Crippen LogP contribution is -2.44. The maximum Gasteiger partial charge on any atom is 0.242 e. The van der Waals surface area contributed by atoms with E-state index in [1.807, 2.05) is 0 Å². The predicted molar refractivity (Wildman–Crippen MR) is 108 cm³/mol. The largest absolute Gasteiger partial charge is 0.493 e. The predicted octanol–water partition coefficient (Wildman–Crippen LogP) is 1.77. The molecule has 0 radical (unpaired) electrons. The highest BCUT2D eigenvalue weighted by molar-refractivity contribution is 7.89. The van der Waals surface area contributed by atoms with Crippen molar-refractivity contribution in [2.24, 2.45) is 0 Å². The van der Waals surface area contributed by atoms with Crippen LogP contribution in [0.5, 0.6) is 11.5 Å². The fraction of sp³-hybridized carbons (Fsp3) is 0.600. The van der Waals surface area contributed by atoms with Crippen LogP contribution in [0, 0.1) is 0 Å². The smallest absolute Gasteiger partial charge is 0.242 e. The van der Waals surface area contributed by atoms with Gasteiger partial charge in [0.15, 0.2) is 11.5 Å². The van der Waals surface area contributed by atoms with Crippen molar-refractivity contribution in [2.75, 3.05) is 53.5 Å². The van der Waals surface area contributed by atoms with Crippen LogP contribution in [0.2, 0.25) is 5.02 Å². The first kappa shape index (κ1) is 25.5. The van der Waals surface area contributed by atoms with Gasteiger partial charge in [0.1, 0.15) is 4.90 Å². The Morgan fingerprint density at radius 3 is 2.31 bits per heavy atom. The topological polar surface area (TPSA) is 79.9 Å². The van der Waals surface area contributed by atoms with Gasteiger partial charge in [-0.05, 0) is 13.0 Å². The quantitative estimate of drug-likeness (QED) is 0.588. The first-order chi connectivity index (χ1) is 11.5. The van der Waals surface area contributed by atoms with E-state index in [0.717, 1.165) is 39.1 Å². The van der Waals surface area contributed by atoms with E-state index in [-0.39, 0.29) is 34.7 Å². The second-order valence-corrected chi connectivity index (χ2v) is 7.62. The van der Waals surface area contributed by atoms with E-state index >= 15 is 0 Å². The molecule has 0 unspecified atom stereocenters. The average Bonchev–Trinajstić information content (AvgIpc) is 2.59. The van der Waals surface area contributed by atoms with Gasteiger partial charge in [0, 0.05) is 44.9 Å². The van der Waals surface area contributed by atoms with Gasteiger partial charge < -0.3 is 19.7 Å². The van der Waals surface area contributed by atoms with Gasteiger partial charge in [-0.15, -0.1) is 24.8 Å². The summed E-state index contributed by atoms with van der Waals surface area (Å²) in [5.74, 6) is 0.711. The van der Waals surface area contributed by atoms with E-state index in [9.17, 15) is 8.42 Å². The van der Waals surface area contributed by atoms with Crippen LogP contribution in [0.1, 0.15) is 6.42 Å². The maximum atomic E-state index is 12.5. The molecule has 0 aromatic heterocycles. The molecule has 2 N–H and O–H groups in total. The molecule has 1 aliphatic rings. The minimum Gasteiger partial charge on any atom is -0.493 e. The number of sulfonamides is 1. The maximum absolute atomic E-state index is 12.5. The molecule has 26 heavy (non-hydrogen) atoms. The van der Waals surface area contributed by atoms with Crippen LogP contribution >= 0.6 is 36.4 Å². The van der Waals surface area contributed by atoms with Crippen molar-refractivity contribution < 1.29 is 17.9 Å². The zero-order valence-electron chi connectivity index (χ0n) is 14.8. The zero-order valence-corrected chi connectivity index (χ0v) is 18.0. The normalized spacial score (nSPS) is 14.9. The van der Waals surface area contributed by atoms with Crippen LogP contribution in [-0.2, 0) is 10.0 Å². The second-order valence-electron chi connectivity index (χ2n) is 5.48. The monoisotopic (exact) mass is 449 g/mol. The van der Waals surface area contributed by atoms with E-state index in [2.05, 4.69) is 14.9 Å². The number of methoxy groups -OCH3 is 2. The lowest BCUT2D eigenvalue weighted by molar-refractivity contribution is 0.239. The highest BCUT2D eigenvalue weighted by atomic mass is 35.5. The molecule has 0 spiro atoms. The number of hydrogen-bond acceptors (Lipinski definition) is 6. The molecule has 0 aliphatic carbocycles. The lowest BCUT2D eigenvalue weighted by atomic mass is 10.3. The molecular weight excluding hydrogens is 425 g/mol. The molecule has 1 saturated heterocycles. The number of benzene rings is 1. The minimum atomic E-state index is -3.70. The molecule has 1 aromatic carbocycles. The Balaban J connectivity index is 0.00000312. The molecule has 0 saturated carbocycles. The van der Waals surface area contributed by atoms with Crippen LogP contribution < -0.4 is 19.5 Å². The standard InChI is InChI=1S/C15H24ClN3O4S.2ClH/c1-22-13-10-12(16)15(11-14(13)23-2)24(20,21)18-4-3-7-19-8-5-17-6-9-19;;/h10-11,17-18H,3-9H2,1-2H3;2*1H. The molecule has 0 atom stereocenters. The van der Waals surface area contributed by atoms with Gasteiger partial charge in [-0.25, -0.2) is 13.1 Å². The summed E-state index contributed by atoms with van der Waals surface area (Å²) >= 11 is 6.09. The van der Waals surface area contributed by atoms with Gasteiger partial charge in [-0.3, -0.25) is 0 Å². The molecule has 1 aliphatic heterocycles. The number of halogens is 3. The Bertz CT molecular complexity index is 656. The summed E-state index contributed by atoms with van der Waals surface area (Å²) in [7, 11) is -0.783. The molecule has 0 bridgehead atoms. The van der Waals surface area contributed by atoms with Crippen molar-refractivity contribution in [3.8, 4) is 11.5 Å². The third-order valence-electron chi connectivity index (χ3n) is 3.88. The number of ether oxygens (including phenoxy) is 2. The fourth-order valence-electron chi connectivity index (χ4n) is 2.56. The van der Waals surface area contributed by atoms with E-state index in [1.54, 1.807) is 0 Å². The SMILES string of the molecule is COc1cc(Cl)c(S(=O)(=O)NCCCN2CCNCC2)cc1OC.Cl.Cl. The summed E-state index contributed by atoms with van der Waals surface area (Å²) in [6.45, 7) is 5.17. The Morgan fingerprint density at radius 2 is 1.73 bits per heavy atom. The number of rotatable bonds is 8. The Hall–Kier alpha value is -0.480. The van der Waals surface area contributed by atoms with Gasteiger partial charge in [0.25, 0.3) is 0 Å². The highest BCUT2D eigenvalue weighted by Crippen LogP contribution is 2.35. The average molecular weight is 451 g/mol. The van der Waals surface area contributed by atoms with Gasteiger partial charge >= 0.3 is 0 Å². The molecule has 1 aromatic rings. The third-order valence-corrected chi connectivity index (χ3v) is 5.81. The Labute approximate surface area is 172 Å².